The molecule has 5 nitrogen and oxygen atoms in total. The van der Waals surface area contributed by atoms with Crippen LogP contribution >= 0.6 is 0 Å². The third-order valence-electron chi connectivity index (χ3n) is 3.02. The van der Waals surface area contributed by atoms with E-state index < -0.39 is 5.60 Å². The highest BCUT2D eigenvalue weighted by molar-refractivity contribution is 5.73. The Balaban J connectivity index is 2.20. The van der Waals surface area contributed by atoms with Gasteiger partial charge >= 0.3 is 6.03 Å². The fraction of sp³-hybridized carbons (Fsp3) is 0.917. The summed E-state index contributed by atoms with van der Waals surface area (Å²) in [6, 6.07) is -0.0949. The molecule has 1 rings (SSSR count). The summed E-state index contributed by atoms with van der Waals surface area (Å²) >= 11 is 0. The molecule has 2 amide bonds. The van der Waals surface area contributed by atoms with Crippen LogP contribution in [0.3, 0.4) is 0 Å². The maximum Gasteiger partial charge on any atom is 0.338 e. The van der Waals surface area contributed by atoms with Crippen LogP contribution in [0.25, 0.3) is 0 Å². The number of aliphatic hydroxyl groups is 1. The number of hydrogen-bond acceptors (Lipinski definition) is 3. The van der Waals surface area contributed by atoms with Gasteiger partial charge in [0.25, 0.3) is 0 Å². The van der Waals surface area contributed by atoms with Crippen molar-refractivity contribution in [2.75, 3.05) is 6.61 Å². The summed E-state index contributed by atoms with van der Waals surface area (Å²) in [5.41, 5.74) is 1.36. The Kier molecular flexibility index (Phi) is 5.21. The van der Waals surface area contributed by atoms with Gasteiger partial charge in [0, 0.05) is 6.04 Å². The maximum atomic E-state index is 11.5. The predicted molar refractivity (Wildman–Crippen MR) is 65.3 cm³/mol. The zero-order valence-corrected chi connectivity index (χ0v) is 11.0. The highest BCUT2D eigenvalue weighted by atomic mass is 16.7. The molecular formula is C12H24N2O3. The minimum atomic E-state index is -0.939. The van der Waals surface area contributed by atoms with E-state index in [1.807, 2.05) is 0 Å². The van der Waals surface area contributed by atoms with Crippen molar-refractivity contribution in [3.63, 3.8) is 0 Å². The Morgan fingerprint density at radius 3 is 2.65 bits per heavy atom. The van der Waals surface area contributed by atoms with Gasteiger partial charge in [-0.1, -0.05) is 19.8 Å². The number of amides is 2. The van der Waals surface area contributed by atoms with E-state index in [0.717, 1.165) is 12.8 Å². The zero-order chi connectivity index (χ0) is 12.9. The van der Waals surface area contributed by atoms with Gasteiger partial charge in [-0.3, -0.25) is 4.84 Å². The number of hydrogen-bond donors (Lipinski definition) is 3. The smallest absolute Gasteiger partial charge is 0.338 e. The Morgan fingerprint density at radius 2 is 2.06 bits per heavy atom. The van der Waals surface area contributed by atoms with E-state index in [2.05, 4.69) is 17.7 Å². The Hall–Kier alpha value is -0.810. The van der Waals surface area contributed by atoms with E-state index in [9.17, 15) is 9.90 Å². The second kappa shape index (κ2) is 6.21. The van der Waals surface area contributed by atoms with Crippen LogP contribution in [0, 0.1) is 5.92 Å². The third-order valence-corrected chi connectivity index (χ3v) is 3.02. The summed E-state index contributed by atoms with van der Waals surface area (Å²) in [4.78, 5) is 16.4. The molecule has 0 aromatic rings. The quantitative estimate of drug-likeness (QED) is 0.657. The third kappa shape index (κ3) is 5.89. The SMILES string of the molecule is C[C@H]1CCCC[C@@H]1NC(=O)NOCC(C)(C)O. The molecule has 0 radical (unpaired) electrons. The summed E-state index contributed by atoms with van der Waals surface area (Å²) in [6.45, 7) is 5.47. The van der Waals surface area contributed by atoms with E-state index in [0.29, 0.717) is 5.92 Å². The second-order valence-corrected chi connectivity index (χ2v) is 5.54. The number of urea groups is 1. The van der Waals surface area contributed by atoms with Gasteiger partial charge in [-0.05, 0) is 32.6 Å². The monoisotopic (exact) mass is 244 g/mol. The first-order chi connectivity index (χ1) is 7.88. The molecule has 1 aliphatic carbocycles. The number of rotatable bonds is 4. The minimum absolute atomic E-state index is 0.0701. The van der Waals surface area contributed by atoms with E-state index >= 15 is 0 Å². The average molecular weight is 244 g/mol. The first-order valence-corrected chi connectivity index (χ1v) is 6.29. The van der Waals surface area contributed by atoms with Crippen molar-refractivity contribution < 1.29 is 14.7 Å². The molecule has 17 heavy (non-hydrogen) atoms. The lowest BCUT2D eigenvalue weighted by Gasteiger charge is -2.29. The van der Waals surface area contributed by atoms with Gasteiger partial charge in [0.05, 0.1) is 5.60 Å². The van der Waals surface area contributed by atoms with Crippen molar-refractivity contribution in [3.05, 3.63) is 0 Å². The number of carbonyl (C=O) groups excluding carboxylic acids is 1. The highest BCUT2D eigenvalue weighted by Gasteiger charge is 2.23. The molecule has 0 bridgehead atoms. The standard InChI is InChI=1S/C12H24N2O3/c1-9-6-4-5-7-10(9)13-11(15)14-17-8-12(2,3)16/h9-10,16H,4-8H2,1-3H3,(H2,13,14,15)/t9-,10-/m0/s1. The molecule has 0 aliphatic heterocycles. The van der Waals surface area contributed by atoms with Crippen LogP contribution in [0.1, 0.15) is 46.5 Å². The lowest BCUT2D eigenvalue weighted by Crippen LogP contribution is -2.47. The van der Waals surface area contributed by atoms with Gasteiger partial charge in [0.1, 0.15) is 6.61 Å². The lowest BCUT2D eigenvalue weighted by atomic mass is 9.86. The topological polar surface area (TPSA) is 70.6 Å². The molecule has 1 saturated carbocycles. The second-order valence-electron chi connectivity index (χ2n) is 5.54. The van der Waals surface area contributed by atoms with Crippen molar-refractivity contribution >= 4 is 6.03 Å². The average Bonchev–Trinajstić information content (AvgIpc) is 2.19. The summed E-state index contributed by atoms with van der Waals surface area (Å²) in [5.74, 6) is 0.517. The molecule has 5 heteroatoms. The fourth-order valence-electron chi connectivity index (χ4n) is 2.01. The predicted octanol–water partition coefficient (Wildman–Crippen LogP) is 1.57. The van der Waals surface area contributed by atoms with E-state index in [-0.39, 0.29) is 18.7 Å². The van der Waals surface area contributed by atoms with Crippen molar-refractivity contribution in [3.8, 4) is 0 Å². The van der Waals surface area contributed by atoms with E-state index in [4.69, 9.17) is 4.84 Å². The molecule has 100 valence electrons. The van der Waals surface area contributed by atoms with Crippen molar-refractivity contribution in [1.29, 1.82) is 0 Å². The summed E-state index contributed by atoms with van der Waals surface area (Å²) in [7, 11) is 0. The molecular weight excluding hydrogens is 220 g/mol. The lowest BCUT2D eigenvalue weighted by molar-refractivity contribution is -0.0487. The van der Waals surface area contributed by atoms with Crippen LogP contribution < -0.4 is 10.8 Å². The highest BCUT2D eigenvalue weighted by Crippen LogP contribution is 2.23. The molecule has 0 aromatic carbocycles. The Labute approximate surface area is 103 Å². The van der Waals surface area contributed by atoms with Crippen molar-refractivity contribution in [2.45, 2.75) is 58.1 Å². The molecule has 0 aromatic heterocycles. The molecule has 3 N–H and O–H groups in total. The summed E-state index contributed by atoms with van der Waals surface area (Å²) in [5, 5.41) is 12.3. The summed E-state index contributed by atoms with van der Waals surface area (Å²) in [6.07, 6.45) is 4.60. The Bertz CT molecular complexity index is 251. The van der Waals surface area contributed by atoms with Crippen LogP contribution in [-0.4, -0.2) is 29.4 Å². The Morgan fingerprint density at radius 1 is 1.41 bits per heavy atom. The van der Waals surface area contributed by atoms with Gasteiger partial charge in [-0.25, -0.2) is 10.3 Å². The summed E-state index contributed by atoms with van der Waals surface area (Å²) < 4.78 is 0. The van der Waals surface area contributed by atoms with Crippen LogP contribution in [-0.2, 0) is 4.84 Å². The van der Waals surface area contributed by atoms with Gasteiger partial charge in [0.15, 0.2) is 0 Å². The van der Waals surface area contributed by atoms with Crippen LogP contribution in [0.5, 0.6) is 0 Å². The molecule has 1 aliphatic rings. The molecule has 0 spiro atoms. The molecule has 0 heterocycles. The zero-order valence-electron chi connectivity index (χ0n) is 11.0. The van der Waals surface area contributed by atoms with Crippen LogP contribution in [0.15, 0.2) is 0 Å². The van der Waals surface area contributed by atoms with Gasteiger partial charge in [-0.15, -0.1) is 0 Å². The van der Waals surface area contributed by atoms with Crippen molar-refractivity contribution in [1.82, 2.24) is 10.8 Å². The fourth-order valence-corrected chi connectivity index (χ4v) is 2.01. The number of carbonyl (C=O) groups is 1. The van der Waals surface area contributed by atoms with Gasteiger partial charge in [0.2, 0.25) is 0 Å². The largest absolute Gasteiger partial charge is 0.388 e. The van der Waals surface area contributed by atoms with Crippen LogP contribution in [0.2, 0.25) is 0 Å². The molecule has 0 saturated heterocycles. The minimum Gasteiger partial charge on any atom is -0.388 e. The van der Waals surface area contributed by atoms with Crippen molar-refractivity contribution in [2.24, 2.45) is 5.92 Å². The van der Waals surface area contributed by atoms with Crippen LogP contribution in [0.4, 0.5) is 4.79 Å². The first-order valence-electron chi connectivity index (χ1n) is 6.29. The maximum absolute atomic E-state index is 11.5. The molecule has 1 fully saturated rings. The van der Waals surface area contributed by atoms with E-state index in [1.54, 1.807) is 13.8 Å². The normalized spacial score (nSPS) is 25.4. The molecule has 2 atom stereocenters. The number of nitrogens with one attached hydrogen (secondary N) is 2. The molecule has 0 unspecified atom stereocenters. The number of hydroxylamine groups is 1. The first kappa shape index (κ1) is 14.3. The van der Waals surface area contributed by atoms with Gasteiger partial charge in [-0.2, -0.15) is 0 Å². The van der Waals surface area contributed by atoms with E-state index in [1.165, 1.54) is 12.8 Å². The van der Waals surface area contributed by atoms with Gasteiger partial charge < -0.3 is 10.4 Å².